The summed E-state index contributed by atoms with van der Waals surface area (Å²) < 4.78 is 52.7. The molecule has 4 rings (SSSR count). The molecule has 10 nitrogen and oxygen atoms in total. The van der Waals surface area contributed by atoms with Crippen LogP contribution in [0.2, 0.25) is 0 Å². The number of fused-ring (bicyclic) bond motifs is 2. The number of primary amides is 1. The molecule has 14 heteroatoms. The predicted molar refractivity (Wildman–Crippen MR) is 143 cm³/mol. The molecule has 228 valence electrons. The minimum Gasteiger partial charge on any atom is -0.368 e. The first-order valence-electron chi connectivity index (χ1n) is 13.3. The molecule has 2 aromatic rings. The highest BCUT2D eigenvalue weighted by Crippen LogP contribution is 2.65. The van der Waals surface area contributed by atoms with Crippen LogP contribution in [0.15, 0.2) is 29.1 Å². The van der Waals surface area contributed by atoms with E-state index in [-0.39, 0.29) is 41.3 Å². The number of nitrogens with one attached hydrogen (secondary N) is 3. The number of aromatic nitrogens is 1. The Balaban J connectivity index is 1.60. The van der Waals surface area contributed by atoms with Gasteiger partial charge in [0, 0.05) is 18.5 Å². The van der Waals surface area contributed by atoms with Gasteiger partial charge in [0.1, 0.15) is 23.9 Å². The molecule has 2 fully saturated rings. The van der Waals surface area contributed by atoms with Gasteiger partial charge in [-0.3, -0.25) is 24.0 Å². The fourth-order valence-electron chi connectivity index (χ4n) is 5.91. The van der Waals surface area contributed by atoms with Crippen LogP contribution in [0.1, 0.15) is 40.2 Å². The van der Waals surface area contributed by atoms with Gasteiger partial charge in [0.25, 0.3) is 5.56 Å². The zero-order valence-corrected chi connectivity index (χ0v) is 23.7. The molecule has 1 aliphatic heterocycles. The summed E-state index contributed by atoms with van der Waals surface area (Å²) in [6.45, 7) is 8.30. The Labute approximate surface area is 238 Å². The van der Waals surface area contributed by atoms with Crippen molar-refractivity contribution in [3.8, 4) is 0 Å². The van der Waals surface area contributed by atoms with Crippen LogP contribution in [0.4, 0.5) is 17.6 Å². The predicted octanol–water partition coefficient (Wildman–Crippen LogP) is 1.76. The third-order valence-corrected chi connectivity index (χ3v) is 8.37. The van der Waals surface area contributed by atoms with E-state index in [2.05, 4.69) is 10.3 Å². The first kappa shape index (κ1) is 31.0. The number of carbonyl (C=O) groups is 4. The smallest absolute Gasteiger partial charge is 0.368 e. The number of halogens is 4. The van der Waals surface area contributed by atoms with Crippen molar-refractivity contribution in [1.29, 1.82) is 0 Å². The van der Waals surface area contributed by atoms with Crippen LogP contribution in [0, 0.1) is 28.5 Å². The second-order valence-electron chi connectivity index (χ2n) is 12.7. The molecule has 1 saturated carbocycles. The minimum atomic E-state index is -5.22. The maximum absolute atomic E-state index is 13.7. The number of amides is 4. The van der Waals surface area contributed by atoms with Gasteiger partial charge in [-0.05, 0) is 52.3 Å². The lowest BCUT2D eigenvalue weighted by molar-refractivity contribution is -0.176. The molecule has 1 aromatic heterocycles. The standard InChI is InChI=1S/C28H33F4N5O5/c1-26(2,3)20(36-25(42)28(30,31)32)24(41)37-11-15-18(27(15,4)5)19(37)23(40)35-17(21(33)38)9-13-8-12-6-7-14(29)10-16(12)34-22(13)39/h6-8,10,15,17-20H,9,11H2,1-5H3,(H2,33,38)(H,34,39)(H,35,40)(H,36,42)/t15-,17?,18+,19-,20+/m0/s1. The lowest BCUT2D eigenvalue weighted by atomic mass is 9.85. The van der Waals surface area contributed by atoms with E-state index < -0.39 is 64.7 Å². The highest BCUT2D eigenvalue weighted by Gasteiger charge is 2.70. The molecule has 1 saturated heterocycles. The summed E-state index contributed by atoms with van der Waals surface area (Å²) in [7, 11) is 0. The van der Waals surface area contributed by atoms with Crippen LogP contribution >= 0.6 is 0 Å². The number of carbonyl (C=O) groups excluding carboxylic acids is 4. The molecule has 2 heterocycles. The topological polar surface area (TPSA) is 154 Å². The maximum atomic E-state index is 13.7. The summed E-state index contributed by atoms with van der Waals surface area (Å²) in [5.41, 5.74) is 3.74. The van der Waals surface area contributed by atoms with E-state index in [0.29, 0.717) is 5.39 Å². The molecular formula is C28H33F4N5O5. The van der Waals surface area contributed by atoms with Gasteiger partial charge in [-0.25, -0.2) is 4.39 Å². The number of benzene rings is 1. The van der Waals surface area contributed by atoms with Crippen molar-refractivity contribution in [3.63, 3.8) is 0 Å². The molecule has 0 radical (unpaired) electrons. The molecule has 5 N–H and O–H groups in total. The summed E-state index contributed by atoms with van der Waals surface area (Å²) in [6.07, 6.45) is -5.53. The van der Waals surface area contributed by atoms with Gasteiger partial charge < -0.3 is 26.3 Å². The van der Waals surface area contributed by atoms with E-state index in [0.717, 1.165) is 11.0 Å². The lowest BCUT2D eigenvalue weighted by Crippen LogP contribution is -2.61. The van der Waals surface area contributed by atoms with E-state index in [4.69, 9.17) is 5.73 Å². The summed E-state index contributed by atoms with van der Waals surface area (Å²) in [6, 6.07) is 1.06. The fraction of sp³-hybridized carbons (Fsp3) is 0.536. The second-order valence-corrected chi connectivity index (χ2v) is 12.7. The maximum Gasteiger partial charge on any atom is 0.471 e. The van der Waals surface area contributed by atoms with E-state index in [9.17, 15) is 41.5 Å². The quantitative estimate of drug-likeness (QED) is 0.359. The Bertz CT molecular complexity index is 1510. The highest BCUT2D eigenvalue weighted by molar-refractivity contribution is 5.96. The Morgan fingerprint density at radius 2 is 1.76 bits per heavy atom. The zero-order valence-electron chi connectivity index (χ0n) is 23.7. The molecule has 0 bridgehead atoms. The van der Waals surface area contributed by atoms with E-state index in [1.54, 1.807) is 5.32 Å². The average Bonchev–Trinajstić information content (AvgIpc) is 3.19. The van der Waals surface area contributed by atoms with Crippen molar-refractivity contribution < 1.29 is 36.7 Å². The average molecular weight is 596 g/mol. The molecule has 2 aliphatic rings. The number of alkyl halides is 3. The summed E-state index contributed by atoms with van der Waals surface area (Å²) in [5.74, 6) is -5.94. The fourth-order valence-corrected chi connectivity index (χ4v) is 5.91. The van der Waals surface area contributed by atoms with Crippen LogP contribution in [0.5, 0.6) is 0 Å². The number of nitrogens with two attached hydrogens (primary N) is 1. The zero-order chi connectivity index (χ0) is 31.5. The number of aromatic amines is 1. The normalized spacial score (nSPS) is 22.7. The number of piperidine rings is 1. The summed E-state index contributed by atoms with van der Waals surface area (Å²) in [5, 5.41) is 4.78. The number of nitrogens with zero attached hydrogens (tertiary/aromatic N) is 1. The van der Waals surface area contributed by atoms with Gasteiger partial charge in [0.05, 0.1) is 5.52 Å². The Morgan fingerprint density at radius 3 is 2.33 bits per heavy atom. The molecular weight excluding hydrogens is 562 g/mol. The molecule has 1 aromatic carbocycles. The minimum absolute atomic E-state index is 0.0607. The number of likely N-dealkylation sites (tertiary alicyclic amines) is 1. The molecule has 0 spiro atoms. The van der Waals surface area contributed by atoms with Crippen LogP contribution in [-0.4, -0.2) is 64.4 Å². The monoisotopic (exact) mass is 595 g/mol. The third-order valence-electron chi connectivity index (χ3n) is 8.37. The van der Waals surface area contributed by atoms with Gasteiger partial charge in [-0.1, -0.05) is 34.6 Å². The largest absolute Gasteiger partial charge is 0.471 e. The molecule has 42 heavy (non-hydrogen) atoms. The van der Waals surface area contributed by atoms with Crippen LogP contribution in [0.3, 0.4) is 0 Å². The Hall–Kier alpha value is -3.97. The first-order valence-corrected chi connectivity index (χ1v) is 13.3. The third kappa shape index (κ3) is 5.84. The number of hydrogen-bond acceptors (Lipinski definition) is 5. The van der Waals surface area contributed by atoms with Crippen LogP contribution in [-0.2, 0) is 25.6 Å². The Morgan fingerprint density at radius 1 is 1.12 bits per heavy atom. The molecule has 1 unspecified atom stereocenters. The molecule has 4 amide bonds. The van der Waals surface area contributed by atoms with Crippen LogP contribution in [0.25, 0.3) is 10.9 Å². The SMILES string of the molecule is CC(C)(C)[C@H](NC(=O)C(F)(F)F)C(=O)N1C[C@H]2[C@H]([C@H]1C(=O)NC(Cc1cc3ccc(F)cc3[nH]c1=O)C(N)=O)C2(C)C. The Kier molecular flexibility index (Phi) is 7.66. The van der Waals surface area contributed by atoms with Gasteiger partial charge in [-0.15, -0.1) is 0 Å². The van der Waals surface area contributed by atoms with Gasteiger partial charge in [0.15, 0.2) is 0 Å². The van der Waals surface area contributed by atoms with Gasteiger partial charge in [-0.2, -0.15) is 13.2 Å². The number of H-pyrrole nitrogens is 1. The van der Waals surface area contributed by atoms with Gasteiger partial charge >= 0.3 is 12.1 Å². The molecule has 1 aliphatic carbocycles. The molecule has 5 atom stereocenters. The van der Waals surface area contributed by atoms with Crippen molar-refractivity contribution in [2.45, 2.75) is 65.3 Å². The van der Waals surface area contributed by atoms with E-state index in [1.807, 2.05) is 13.8 Å². The second kappa shape index (κ2) is 10.4. The van der Waals surface area contributed by atoms with Crippen molar-refractivity contribution in [1.82, 2.24) is 20.5 Å². The van der Waals surface area contributed by atoms with E-state index in [1.165, 1.54) is 39.0 Å². The van der Waals surface area contributed by atoms with E-state index >= 15 is 0 Å². The number of pyridine rings is 1. The first-order chi connectivity index (χ1) is 19.2. The van der Waals surface area contributed by atoms with Crippen molar-refractivity contribution in [2.24, 2.45) is 28.4 Å². The number of rotatable bonds is 7. The summed E-state index contributed by atoms with van der Waals surface area (Å²) in [4.78, 5) is 67.8. The van der Waals surface area contributed by atoms with Crippen molar-refractivity contribution in [3.05, 3.63) is 46.0 Å². The number of hydrogen-bond donors (Lipinski definition) is 4. The summed E-state index contributed by atoms with van der Waals surface area (Å²) >= 11 is 0. The van der Waals surface area contributed by atoms with Gasteiger partial charge in [0.2, 0.25) is 17.7 Å². The van der Waals surface area contributed by atoms with Crippen molar-refractivity contribution in [2.75, 3.05) is 6.54 Å². The van der Waals surface area contributed by atoms with Crippen molar-refractivity contribution >= 4 is 34.5 Å². The highest BCUT2D eigenvalue weighted by atomic mass is 19.4. The van der Waals surface area contributed by atoms with Crippen LogP contribution < -0.4 is 21.9 Å². The lowest BCUT2D eigenvalue weighted by Gasteiger charge is -2.38.